The maximum Gasteiger partial charge on any atom is 0.0458 e. The van der Waals surface area contributed by atoms with Crippen LogP contribution in [0, 0.1) is 0 Å². The highest BCUT2D eigenvalue weighted by Crippen LogP contribution is 2.41. The predicted octanol–water partition coefficient (Wildman–Crippen LogP) is 3.66. The summed E-state index contributed by atoms with van der Waals surface area (Å²) in [4.78, 5) is 0. The Bertz CT molecular complexity index is 233. The summed E-state index contributed by atoms with van der Waals surface area (Å²) < 4.78 is 0. The van der Waals surface area contributed by atoms with Gasteiger partial charge in [0, 0.05) is 12.8 Å². The lowest BCUT2D eigenvalue weighted by molar-refractivity contribution is 1.78. The van der Waals surface area contributed by atoms with Crippen LogP contribution in [0.2, 0.25) is 0 Å². The zero-order chi connectivity index (χ0) is 8.10. The van der Waals surface area contributed by atoms with Crippen LogP contribution in [0.5, 0.6) is 0 Å². The summed E-state index contributed by atoms with van der Waals surface area (Å²) in [5.74, 6) is 1.80. The van der Waals surface area contributed by atoms with E-state index in [1.165, 1.54) is 5.54 Å². The third-order valence-corrected chi connectivity index (χ3v) is 3.62. The van der Waals surface area contributed by atoms with Gasteiger partial charge in [-0.25, -0.2) is 0 Å². The fourth-order valence-electron chi connectivity index (χ4n) is 0.706. The summed E-state index contributed by atoms with van der Waals surface area (Å²) in [7, 11) is -0.716. The smallest absolute Gasteiger partial charge is 0.0458 e. The molecule has 0 amide bonds. The number of benzene rings is 1. The van der Waals surface area contributed by atoms with E-state index < -0.39 is 7.27 Å². The fourth-order valence-corrected chi connectivity index (χ4v) is 2.45. The first kappa shape index (κ1) is 9.06. The molecule has 0 aliphatic heterocycles. The Morgan fingerprint density at radius 3 is 2.36 bits per heavy atom. The van der Waals surface area contributed by atoms with Crippen LogP contribution in [0.25, 0.3) is 0 Å². The minimum absolute atomic E-state index is 0.716. The Morgan fingerprint density at radius 2 is 1.82 bits per heavy atom. The minimum atomic E-state index is -0.716. The zero-order valence-electron chi connectivity index (χ0n) is 5.74. The maximum absolute atomic E-state index is 6.00. The minimum Gasteiger partial charge on any atom is -0.0929 e. The van der Waals surface area contributed by atoms with E-state index in [9.17, 15) is 0 Å². The summed E-state index contributed by atoms with van der Waals surface area (Å²) in [6.07, 6.45) is 0. The van der Waals surface area contributed by atoms with E-state index in [4.69, 9.17) is 22.8 Å². The summed E-state index contributed by atoms with van der Waals surface area (Å²) >= 11 is 11.4. The van der Waals surface area contributed by atoms with Crippen molar-refractivity contribution in [2.75, 3.05) is 0 Å². The van der Waals surface area contributed by atoms with Gasteiger partial charge in [-0.2, -0.15) is 0 Å². The highest BCUT2D eigenvalue weighted by molar-refractivity contribution is 7.92. The van der Waals surface area contributed by atoms with E-state index in [1.54, 1.807) is 5.82 Å². The van der Waals surface area contributed by atoms with Gasteiger partial charge >= 0.3 is 0 Å². The van der Waals surface area contributed by atoms with Crippen LogP contribution >= 0.6 is 30.1 Å². The molecule has 0 bridgehead atoms. The standard InChI is InChI=1S/C8H7Cl2P/c9-6-7-11(10)8-4-2-1-3-5-8/h1-7H/b7-6+. The second kappa shape index (κ2) is 4.77. The monoisotopic (exact) mass is 204 g/mol. The van der Waals surface area contributed by atoms with E-state index in [2.05, 4.69) is 0 Å². The van der Waals surface area contributed by atoms with Gasteiger partial charge in [-0.05, 0) is 11.1 Å². The summed E-state index contributed by atoms with van der Waals surface area (Å²) in [5.41, 5.74) is 1.46. The lowest BCUT2D eigenvalue weighted by Crippen LogP contribution is -1.92. The second-order valence-electron chi connectivity index (χ2n) is 1.92. The summed E-state index contributed by atoms with van der Waals surface area (Å²) in [5, 5.41) is 1.13. The molecule has 0 nitrogen and oxygen atoms in total. The molecule has 0 fully saturated rings. The molecule has 1 rings (SSSR count). The molecule has 0 saturated heterocycles. The Kier molecular flexibility index (Phi) is 3.93. The molecule has 3 heteroatoms. The molecule has 0 spiro atoms. The van der Waals surface area contributed by atoms with Gasteiger partial charge in [-0.3, -0.25) is 0 Å². The SMILES string of the molecule is Cl/C=C/P(Cl)c1ccccc1. The molecule has 1 aromatic carbocycles. The average Bonchev–Trinajstić information content (AvgIpc) is 2.07. The van der Waals surface area contributed by atoms with Crippen molar-refractivity contribution in [3.8, 4) is 0 Å². The van der Waals surface area contributed by atoms with Crippen LogP contribution in [-0.2, 0) is 0 Å². The molecule has 11 heavy (non-hydrogen) atoms. The van der Waals surface area contributed by atoms with Gasteiger partial charge in [0.25, 0.3) is 0 Å². The quantitative estimate of drug-likeness (QED) is 0.646. The first-order valence-corrected chi connectivity index (χ1v) is 5.87. The van der Waals surface area contributed by atoms with Gasteiger partial charge in [0.1, 0.15) is 0 Å². The number of hydrogen-bond donors (Lipinski definition) is 0. The van der Waals surface area contributed by atoms with Crippen molar-refractivity contribution in [2.45, 2.75) is 0 Å². The molecule has 0 aliphatic rings. The highest BCUT2D eigenvalue weighted by Gasteiger charge is 2.00. The Balaban J connectivity index is 2.76. The molecule has 0 N–H and O–H groups in total. The first-order valence-electron chi connectivity index (χ1n) is 3.11. The third kappa shape index (κ3) is 2.83. The average molecular weight is 205 g/mol. The van der Waals surface area contributed by atoms with Gasteiger partial charge in [0.2, 0.25) is 0 Å². The van der Waals surface area contributed by atoms with E-state index >= 15 is 0 Å². The molecule has 0 heterocycles. The largest absolute Gasteiger partial charge is 0.0929 e. The van der Waals surface area contributed by atoms with Crippen LogP contribution in [0.4, 0.5) is 0 Å². The molecule has 0 aliphatic carbocycles. The van der Waals surface area contributed by atoms with Crippen molar-refractivity contribution in [1.29, 1.82) is 0 Å². The van der Waals surface area contributed by atoms with E-state index in [0.717, 1.165) is 5.30 Å². The Morgan fingerprint density at radius 1 is 1.18 bits per heavy atom. The summed E-state index contributed by atoms with van der Waals surface area (Å²) in [6, 6.07) is 9.89. The number of halogens is 2. The molecule has 1 unspecified atom stereocenters. The van der Waals surface area contributed by atoms with Crippen LogP contribution in [0.15, 0.2) is 41.7 Å². The molecular formula is C8H7Cl2P. The lowest BCUT2D eigenvalue weighted by Gasteiger charge is -2.01. The van der Waals surface area contributed by atoms with Crippen molar-refractivity contribution in [2.24, 2.45) is 0 Å². The highest BCUT2D eigenvalue weighted by atomic mass is 35.7. The van der Waals surface area contributed by atoms with Gasteiger partial charge in [-0.1, -0.05) is 53.2 Å². The van der Waals surface area contributed by atoms with Gasteiger partial charge < -0.3 is 0 Å². The topological polar surface area (TPSA) is 0 Å². The second-order valence-corrected chi connectivity index (χ2v) is 4.70. The van der Waals surface area contributed by atoms with Gasteiger partial charge in [0.05, 0.1) is 0 Å². The van der Waals surface area contributed by atoms with Crippen molar-refractivity contribution in [1.82, 2.24) is 0 Å². The zero-order valence-corrected chi connectivity index (χ0v) is 8.15. The number of hydrogen-bond acceptors (Lipinski definition) is 0. The van der Waals surface area contributed by atoms with E-state index in [0.29, 0.717) is 0 Å². The van der Waals surface area contributed by atoms with Crippen molar-refractivity contribution >= 4 is 35.4 Å². The molecule has 1 aromatic rings. The predicted molar refractivity (Wildman–Crippen MR) is 53.8 cm³/mol. The van der Waals surface area contributed by atoms with Crippen LogP contribution in [0.3, 0.4) is 0 Å². The van der Waals surface area contributed by atoms with Crippen molar-refractivity contribution in [3.05, 3.63) is 41.7 Å². The van der Waals surface area contributed by atoms with E-state index in [1.807, 2.05) is 30.3 Å². The molecule has 0 aromatic heterocycles. The molecule has 0 saturated carbocycles. The summed E-state index contributed by atoms with van der Waals surface area (Å²) in [6.45, 7) is 0. The molecule has 0 radical (unpaired) electrons. The normalized spacial score (nSPS) is 13.6. The van der Waals surface area contributed by atoms with Crippen LogP contribution in [0.1, 0.15) is 0 Å². The van der Waals surface area contributed by atoms with Crippen LogP contribution < -0.4 is 5.30 Å². The van der Waals surface area contributed by atoms with Gasteiger partial charge in [0.15, 0.2) is 0 Å². The van der Waals surface area contributed by atoms with Crippen LogP contribution in [-0.4, -0.2) is 0 Å². The Labute approximate surface area is 77.4 Å². The molecule has 58 valence electrons. The molecular weight excluding hydrogens is 198 g/mol. The van der Waals surface area contributed by atoms with Gasteiger partial charge in [-0.15, -0.1) is 0 Å². The fraction of sp³-hybridized carbons (Fsp3) is 0. The van der Waals surface area contributed by atoms with E-state index in [-0.39, 0.29) is 0 Å². The molecule has 1 atom stereocenters. The number of rotatable bonds is 2. The first-order chi connectivity index (χ1) is 5.34. The third-order valence-electron chi connectivity index (χ3n) is 1.19. The van der Waals surface area contributed by atoms with Crippen molar-refractivity contribution in [3.63, 3.8) is 0 Å². The lowest BCUT2D eigenvalue weighted by atomic mass is 10.4. The van der Waals surface area contributed by atoms with Crippen molar-refractivity contribution < 1.29 is 0 Å². The Hall–Kier alpha value is -0.0300. The maximum atomic E-state index is 6.00.